The summed E-state index contributed by atoms with van der Waals surface area (Å²) in [6.07, 6.45) is 3.06. The lowest BCUT2D eigenvalue weighted by Gasteiger charge is -2.18. The minimum absolute atomic E-state index is 0.0771. The fourth-order valence-corrected chi connectivity index (χ4v) is 4.48. The number of rotatable bonds is 8. The lowest BCUT2D eigenvalue weighted by molar-refractivity contribution is 0.0954. The average Bonchev–Trinajstić information content (AvgIpc) is 3.33. The van der Waals surface area contributed by atoms with Crippen LogP contribution in [0.3, 0.4) is 0 Å². The van der Waals surface area contributed by atoms with Crippen molar-refractivity contribution >= 4 is 21.6 Å². The molecule has 0 atom stereocenters. The summed E-state index contributed by atoms with van der Waals surface area (Å²) in [7, 11) is -3.65. The third kappa shape index (κ3) is 5.04. The van der Waals surface area contributed by atoms with Gasteiger partial charge in [0.1, 0.15) is 12.7 Å². The molecule has 0 radical (unpaired) electrons. The van der Waals surface area contributed by atoms with Gasteiger partial charge in [-0.2, -0.15) is 14.5 Å². The van der Waals surface area contributed by atoms with Crippen LogP contribution >= 0.6 is 0 Å². The number of aromatic nitrogens is 3. The van der Waals surface area contributed by atoms with Crippen molar-refractivity contribution < 1.29 is 13.2 Å². The van der Waals surface area contributed by atoms with Gasteiger partial charge in [-0.1, -0.05) is 32.0 Å². The molecule has 0 aliphatic carbocycles. The van der Waals surface area contributed by atoms with Crippen LogP contribution in [0.1, 0.15) is 36.7 Å². The van der Waals surface area contributed by atoms with E-state index in [1.165, 1.54) is 22.8 Å². The van der Waals surface area contributed by atoms with Gasteiger partial charge in [0.25, 0.3) is 5.91 Å². The smallest absolute Gasteiger partial charge is 0.267 e. The van der Waals surface area contributed by atoms with Crippen LogP contribution in [0.5, 0.6) is 0 Å². The van der Waals surface area contributed by atoms with E-state index < -0.39 is 15.9 Å². The first kappa shape index (κ1) is 22.3. The number of carbonyl (C=O) groups is 1. The monoisotopic (exact) mass is 440 g/mol. The fourth-order valence-electron chi connectivity index (χ4n) is 2.97. The third-order valence-electron chi connectivity index (χ3n) is 4.73. The largest absolute Gasteiger partial charge is 0.271 e. The van der Waals surface area contributed by atoms with Gasteiger partial charge in [0.15, 0.2) is 0 Å². The molecule has 3 aromatic rings. The van der Waals surface area contributed by atoms with Crippen molar-refractivity contribution in [3.63, 3.8) is 0 Å². The molecule has 0 aliphatic heterocycles. The van der Waals surface area contributed by atoms with Crippen LogP contribution in [-0.4, -0.2) is 52.2 Å². The highest BCUT2D eigenvalue weighted by atomic mass is 32.2. The maximum absolute atomic E-state index is 12.7. The van der Waals surface area contributed by atoms with Crippen molar-refractivity contribution in [2.24, 2.45) is 5.10 Å². The van der Waals surface area contributed by atoms with Crippen molar-refractivity contribution in [3.8, 4) is 5.69 Å². The van der Waals surface area contributed by atoms with Crippen LogP contribution in [0.4, 0.5) is 0 Å². The summed E-state index contributed by atoms with van der Waals surface area (Å²) in [5, 5.41) is 8.22. The summed E-state index contributed by atoms with van der Waals surface area (Å²) in [4.78, 5) is 16.5. The maximum atomic E-state index is 12.7. The van der Waals surface area contributed by atoms with Gasteiger partial charge in [-0.05, 0) is 42.8 Å². The average molecular weight is 441 g/mol. The number of nitrogens with one attached hydrogen (secondary N) is 1. The minimum atomic E-state index is -3.65. The maximum Gasteiger partial charge on any atom is 0.271 e. The summed E-state index contributed by atoms with van der Waals surface area (Å²) in [6, 6.07) is 13.4. The van der Waals surface area contributed by atoms with Crippen molar-refractivity contribution in [2.75, 3.05) is 13.1 Å². The molecule has 1 aromatic heterocycles. The van der Waals surface area contributed by atoms with E-state index in [9.17, 15) is 13.2 Å². The van der Waals surface area contributed by atoms with Gasteiger partial charge in [-0.25, -0.2) is 23.5 Å². The zero-order valence-electron chi connectivity index (χ0n) is 17.6. The normalized spacial score (nSPS) is 12.2. The number of amides is 1. The SMILES string of the molecule is CCN(CC)S(=O)(=O)c1cccc(C(=O)N/N=C(\C)c2ccc(-n3cncn3)cc2)c1. The van der Waals surface area contributed by atoms with Crippen LogP contribution in [0.25, 0.3) is 5.69 Å². The minimum Gasteiger partial charge on any atom is -0.267 e. The molecule has 0 unspecified atom stereocenters. The highest BCUT2D eigenvalue weighted by Gasteiger charge is 2.22. The molecule has 0 aliphatic rings. The first-order chi connectivity index (χ1) is 14.9. The summed E-state index contributed by atoms with van der Waals surface area (Å²) in [5.41, 5.74) is 4.98. The topological polar surface area (TPSA) is 110 Å². The van der Waals surface area contributed by atoms with Crippen LogP contribution < -0.4 is 5.43 Å². The van der Waals surface area contributed by atoms with Gasteiger partial charge in [-0.15, -0.1) is 0 Å². The van der Waals surface area contributed by atoms with E-state index >= 15 is 0 Å². The lowest BCUT2D eigenvalue weighted by atomic mass is 10.1. The first-order valence-electron chi connectivity index (χ1n) is 9.77. The molecule has 1 N–H and O–H groups in total. The zero-order chi connectivity index (χ0) is 22.4. The van der Waals surface area contributed by atoms with Crippen molar-refractivity contribution in [1.82, 2.24) is 24.5 Å². The highest BCUT2D eigenvalue weighted by Crippen LogP contribution is 2.17. The molecule has 1 heterocycles. The van der Waals surface area contributed by atoms with Gasteiger partial charge in [-0.3, -0.25) is 4.79 Å². The number of hydrazone groups is 1. The Hall–Kier alpha value is -3.37. The molecule has 1 amide bonds. The molecule has 2 aromatic carbocycles. The van der Waals surface area contributed by atoms with E-state index in [-0.39, 0.29) is 10.5 Å². The number of benzene rings is 2. The molecule has 10 heteroatoms. The summed E-state index contributed by atoms with van der Waals surface area (Å²) < 4.78 is 28.4. The van der Waals surface area contributed by atoms with Crippen molar-refractivity contribution in [3.05, 3.63) is 72.3 Å². The van der Waals surface area contributed by atoms with Gasteiger partial charge in [0.05, 0.1) is 16.3 Å². The Morgan fingerprint density at radius 1 is 1.10 bits per heavy atom. The van der Waals surface area contributed by atoms with Gasteiger partial charge in [0, 0.05) is 18.7 Å². The summed E-state index contributed by atoms with van der Waals surface area (Å²) >= 11 is 0. The second-order valence-corrected chi connectivity index (χ2v) is 8.58. The summed E-state index contributed by atoms with van der Waals surface area (Å²) in [6.45, 7) is 6.02. The van der Waals surface area contributed by atoms with E-state index in [1.807, 2.05) is 24.3 Å². The van der Waals surface area contributed by atoms with E-state index in [0.717, 1.165) is 11.3 Å². The predicted molar refractivity (Wildman–Crippen MR) is 118 cm³/mol. The molecule has 0 fully saturated rings. The van der Waals surface area contributed by atoms with E-state index in [0.29, 0.717) is 18.8 Å². The molecule has 0 spiro atoms. The fraction of sp³-hybridized carbons (Fsp3) is 0.238. The Bertz CT molecular complexity index is 1170. The molecule has 0 saturated carbocycles. The number of sulfonamides is 1. The molecule has 9 nitrogen and oxygen atoms in total. The second kappa shape index (κ2) is 9.63. The molecule has 0 bridgehead atoms. The van der Waals surface area contributed by atoms with Gasteiger partial charge >= 0.3 is 0 Å². The highest BCUT2D eigenvalue weighted by molar-refractivity contribution is 7.89. The molecular weight excluding hydrogens is 416 g/mol. The van der Waals surface area contributed by atoms with Crippen LogP contribution in [0.15, 0.2) is 71.2 Å². The van der Waals surface area contributed by atoms with Crippen LogP contribution in [0.2, 0.25) is 0 Å². The second-order valence-electron chi connectivity index (χ2n) is 6.64. The molecule has 162 valence electrons. The Morgan fingerprint density at radius 3 is 2.42 bits per heavy atom. The Balaban J connectivity index is 1.73. The van der Waals surface area contributed by atoms with Crippen molar-refractivity contribution in [1.29, 1.82) is 0 Å². The number of hydrogen-bond acceptors (Lipinski definition) is 6. The molecule has 31 heavy (non-hydrogen) atoms. The Morgan fingerprint density at radius 2 is 1.81 bits per heavy atom. The quantitative estimate of drug-likeness (QED) is 0.427. The van der Waals surface area contributed by atoms with Gasteiger partial charge in [0.2, 0.25) is 10.0 Å². The molecule has 0 saturated heterocycles. The lowest BCUT2D eigenvalue weighted by Crippen LogP contribution is -2.30. The van der Waals surface area contributed by atoms with Crippen LogP contribution in [-0.2, 0) is 10.0 Å². The zero-order valence-corrected chi connectivity index (χ0v) is 18.4. The van der Waals surface area contributed by atoms with E-state index in [4.69, 9.17) is 0 Å². The van der Waals surface area contributed by atoms with Gasteiger partial charge < -0.3 is 0 Å². The third-order valence-corrected chi connectivity index (χ3v) is 6.78. The Kier molecular flexibility index (Phi) is 6.93. The van der Waals surface area contributed by atoms with Crippen LogP contribution in [0, 0.1) is 0 Å². The predicted octanol–water partition coefficient (Wildman–Crippen LogP) is 2.45. The number of carbonyl (C=O) groups excluding carboxylic acids is 1. The number of hydrogen-bond donors (Lipinski definition) is 1. The first-order valence-corrected chi connectivity index (χ1v) is 11.2. The summed E-state index contributed by atoms with van der Waals surface area (Å²) in [5.74, 6) is -0.491. The number of nitrogens with zero attached hydrogens (tertiary/aromatic N) is 5. The Labute approximate surface area is 181 Å². The van der Waals surface area contributed by atoms with Crippen molar-refractivity contribution in [2.45, 2.75) is 25.7 Å². The molecule has 3 rings (SSSR count). The van der Waals surface area contributed by atoms with E-state index in [2.05, 4.69) is 20.6 Å². The molecular formula is C21H24N6O3S. The standard InChI is InChI=1S/C21H24N6O3S/c1-4-26(5-2)31(29,30)20-8-6-7-18(13-20)21(28)25-24-16(3)17-9-11-19(12-10-17)27-15-22-14-23-27/h6-15H,4-5H2,1-3H3,(H,25,28)/b24-16+. The van der Waals surface area contributed by atoms with E-state index in [1.54, 1.807) is 43.9 Å².